The van der Waals surface area contributed by atoms with Crippen molar-refractivity contribution in [1.29, 1.82) is 0 Å². The van der Waals surface area contributed by atoms with Gasteiger partial charge in [0.25, 0.3) is 0 Å². The van der Waals surface area contributed by atoms with Gasteiger partial charge in [-0.15, -0.1) is 11.8 Å². The van der Waals surface area contributed by atoms with Gasteiger partial charge in [-0.05, 0) is 30.5 Å². The third-order valence-corrected chi connectivity index (χ3v) is 4.04. The Labute approximate surface area is 118 Å². The summed E-state index contributed by atoms with van der Waals surface area (Å²) in [5.41, 5.74) is 7.57. The minimum Gasteiger partial charge on any atom is -0.399 e. The molecular formula is C14H20N2O2S. The molecular weight excluding hydrogens is 260 g/mol. The van der Waals surface area contributed by atoms with Gasteiger partial charge in [-0.2, -0.15) is 0 Å². The van der Waals surface area contributed by atoms with Gasteiger partial charge in [-0.3, -0.25) is 4.79 Å². The molecule has 0 spiro atoms. The molecule has 0 aromatic heterocycles. The lowest BCUT2D eigenvalue weighted by Gasteiger charge is -2.10. The molecule has 1 fully saturated rings. The van der Waals surface area contributed by atoms with Gasteiger partial charge >= 0.3 is 0 Å². The molecule has 0 bridgehead atoms. The summed E-state index contributed by atoms with van der Waals surface area (Å²) in [6, 6.07) is 7.75. The summed E-state index contributed by atoms with van der Waals surface area (Å²) < 4.78 is 5.45. The topological polar surface area (TPSA) is 64.4 Å². The van der Waals surface area contributed by atoms with Crippen LogP contribution >= 0.6 is 11.8 Å². The van der Waals surface area contributed by atoms with Crippen LogP contribution in [0.1, 0.15) is 18.4 Å². The van der Waals surface area contributed by atoms with E-state index in [0.29, 0.717) is 12.3 Å². The van der Waals surface area contributed by atoms with Gasteiger partial charge in [-0.25, -0.2) is 0 Å². The molecule has 1 atom stereocenters. The number of ether oxygens (including phenoxy) is 1. The maximum Gasteiger partial charge on any atom is 0.230 e. The molecule has 1 unspecified atom stereocenters. The molecule has 1 heterocycles. The fraction of sp³-hybridized carbons (Fsp3) is 0.500. The molecule has 104 valence electrons. The third-order valence-electron chi connectivity index (χ3n) is 3.03. The maximum absolute atomic E-state index is 11.6. The Morgan fingerprint density at radius 2 is 2.21 bits per heavy atom. The lowest BCUT2D eigenvalue weighted by molar-refractivity contribution is -0.119. The van der Waals surface area contributed by atoms with Crippen LogP contribution in [-0.4, -0.2) is 30.9 Å². The number of hydrogen-bond acceptors (Lipinski definition) is 4. The number of rotatable bonds is 6. The van der Waals surface area contributed by atoms with Crippen LogP contribution in [0.25, 0.3) is 0 Å². The smallest absolute Gasteiger partial charge is 0.230 e. The predicted octanol–water partition coefficient (Wildman–Crippen LogP) is 1.80. The van der Waals surface area contributed by atoms with Crippen LogP contribution in [0.3, 0.4) is 0 Å². The molecule has 1 saturated heterocycles. The zero-order valence-corrected chi connectivity index (χ0v) is 11.7. The number of carbonyl (C=O) groups is 1. The van der Waals surface area contributed by atoms with E-state index in [1.165, 1.54) is 5.56 Å². The number of nitrogens with two attached hydrogens (primary N) is 1. The largest absolute Gasteiger partial charge is 0.399 e. The number of hydrogen-bond donors (Lipinski definition) is 2. The Morgan fingerprint density at radius 3 is 2.89 bits per heavy atom. The van der Waals surface area contributed by atoms with Crippen molar-refractivity contribution in [2.45, 2.75) is 24.7 Å². The van der Waals surface area contributed by atoms with Gasteiger partial charge in [0.1, 0.15) is 0 Å². The first kappa shape index (κ1) is 14.2. The molecule has 1 aromatic carbocycles. The molecule has 1 aliphatic rings. The van der Waals surface area contributed by atoms with Gasteiger partial charge in [-0.1, -0.05) is 12.1 Å². The maximum atomic E-state index is 11.6. The van der Waals surface area contributed by atoms with Crippen LogP contribution in [0.5, 0.6) is 0 Å². The van der Waals surface area contributed by atoms with Crippen molar-refractivity contribution < 1.29 is 9.53 Å². The van der Waals surface area contributed by atoms with E-state index in [0.717, 1.165) is 30.9 Å². The Hall–Kier alpha value is -1.20. The molecule has 0 aliphatic carbocycles. The van der Waals surface area contributed by atoms with Crippen LogP contribution < -0.4 is 11.1 Å². The summed E-state index contributed by atoms with van der Waals surface area (Å²) in [7, 11) is 0. The lowest BCUT2D eigenvalue weighted by atomic mass is 10.2. The summed E-state index contributed by atoms with van der Waals surface area (Å²) in [4.78, 5) is 11.6. The summed E-state index contributed by atoms with van der Waals surface area (Å²) >= 11 is 1.61. The average Bonchev–Trinajstić information content (AvgIpc) is 2.92. The molecule has 3 N–H and O–H groups in total. The number of anilines is 1. The minimum atomic E-state index is 0.0796. The van der Waals surface area contributed by atoms with Crippen LogP contribution in [0.15, 0.2) is 24.3 Å². The summed E-state index contributed by atoms with van der Waals surface area (Å²) in [5.74, 6) is 1.39. The van der Waals surface area contributed by atoms with E-state index in [1.54, 1.807) is 11.8 Å². The fourth-order valence-corrected chi connectivity index (χ4v) is 2.78. The predicted molar refractivity (Wildman–Crippen MR) is 79.0 cm³/mol. The summed E-state index contributed by atoms with van der Waals surface area (Å²) in [6.07, 6.45) is 2.37. The van der Waals surface area contributed by atoms with E-state index >= 15 is 0 Å². The first-order valence-corrected chi connectivity index (χ1v) is 7.70. The highest BCUT2D eigenvalue weighted by atomic mass is 32.2. The van der Waals surface area contributed by atoms with E-state index in [4.69, 9.17) is 10.5 Å². The van der Waals surface area contributed by atoms with Crippen LogP contribution in [0.4, 0.5) is 5.69 Å². The van der Waals surface area contributed by atoms with E-state index in [2.05, 4.69) is 5.32 Å². The van der Waals surface area contributed by atoms with Crippen molar-refractivity contribution in [2.75, 3.05) is 24.6 Å². The van der Waals surface area contributed by atoms with Crippen molar-refractivity contribution >= 4 is 23.4 Å². The number of nitrogen functional groups attached to an aromatic ring is 1. The SMILES string of the molecule is Nc1ccc(CSCC(=O)NCC2CCCO2)cc1. The first-order chi connectivity index (χ1) is 9.24. The van der Waals surface area contributed by atoms with E-state index < -0.39 is 0 Å². The van der Waals surface area contributed by atoms with Crippen molar-refractivity contribution in [1.82, 2.24) is 5.32 Å². The highest BCUT2D eigenvalue weighted by Crippen LogP contribution is 2.14. The molecule has 4 nitrogen and oxygen atoms in total. The Balaban J connectivity index is 1.59. The molecule has 2 rings (SSSR count). The average molecular weight is 280 g/mol. The zero-order chi connectivity index (χ0) is 13.5. The highest BCUT2D eigenvalue weighted by molar-refractivity contribution is 7.99. The minimum absolute atomic E-state index is 0.0796. The van der Waals surface area contributed by atoms with Gasteiger partial charge in [0.2, 0.25) is 5.91 Å². The van der Waals surface area contributed by atoms with Crippen LogP contribution in [0.2, 0.25) is 0 Å². The normalized spacial score (nSPS) is 18.4. The number of carbonyl (C=O) groups excluding carboxylic acids is 1. The van der Waals surface area contributed by atoms with E-state index in [1.807, 2.05) is 24.3 Å². The molecule has 1 amide bonds. The van der Waals surface area contributed by atoms with Gasteiger partial charge in [0.05, 0.1) is 11.9 Å². The standard InChI is InChI=1S/C14H20N2O2S/c15-12-5-3-11(4-6-12)9-19-10-14(17)16-8-13-2-1-7-18-13/h3-6,13H,1-2,7-10,15H2,(H,16,17). The third kappa shape index (κ3) is 5.12. The molecule has 1 aliphatic heterocycles. The molecule has 1 aromatic rings. The second kappa shape index (κ2) is 7.40. The summed E-state index contributed by atoms with van der Waals surface area (Å²) in [5, 5.41) is 2.92. The quantitative estimate of drug-likeness (QED) is 0.780. The number of benzene rings is 1. The second-order valence-corrected chi connectivity index (χ2v) is 5.66. The number of amides is 1. The molecule has 5 heteroatoms. The fourth-order valence-electron chi connectivity index (χ4n) is 1.96. The molecule has 0 radical (unpaired) electrons. The molecule has 0 saturated carbocycles. The van der Waals surface area contributed by atoms with E-state index in [-0.39, 0.29) is 12.0 Å². The lowest BCUT2D eigenvalue weighted by Crippen LogP contribution is -2.32. The van der Waals surface area contributed by atoms with Crippen molar-refractivity contribution in [3.05, 3.63) is 29.8 Å². The van der Waals surface area contributed by atoms with Crippen LogP contribution in [0, 0.1) is 0 Å². The monoisotopic (exact) mass is 280 g/mol. The van der Waals surface area contributed by atoms with Crippen molar-refractivity contribution in [3.8, 4) is 0 Å². The van der Waals surface area contributed by atoms with Crippen molar-refractivity contribution in [3.63, 3.8) is 0 Å². The summed E-state index contributed by atoms with van der Waals surface area (Å²) in [6.45, 7) is 1.47. The second-order valence-electron chi connectivity index (χ2n) is 4.67. The number of nitrogens with one attached hydrogen (secondary N) is 1. The van der Waals surface area contributed by atoms with Crippen LogP contribution in [-0.2, 0) is 15.3 Å². The number of thioether (sulfide) groups is 1. The zero-order valence-electron chi connectivity index (χ0n) is 10.9. The van der Waals surface area contributed by atoms with E-state index in [9.17, 15) is 4.79 Å². The van der Waals surface area contributed by atoms with Crippen molar-refractivity contribution in [2.24, 2.45) is 0 Å². The Bertz CT molecular complexity index is 402. The Kier molecular flexibility index (Phi) is 5.54. The first-order valence-electron chi connectivity index (χ1n) is 6.54. The van der Waals surface area contributed by atoms with Gasteiger partial charge < -0.3 is 15.8 Å². The Morgan fingerprint density at radius 1 is 1.42 bits per heavy atom. The highest BCUT2D eigenvalue weighted by Gasteiger charge is 2.15. The van der Waals surface area contributed by atoms with Gasteiger partial charge in [0, 0.05) is 24.6 Å². The molecule has 19 heavy (non-hydrogen) atoms. The van der Waals surface area contributed by atoms with Gasteiger partial charge in [0.15, 0.2) is 0 Å².